The minimum atomic E-state index is -0.741. The van der Waals surface area contributed by atoms with E-state index < -0.39 is 36.2 Å². The molecule has 15 heavy (non-hydrogen) atoms. The van der Waals surface area contributed by atoms with Gasteiger partial charge in [0.2, 0.25) is 0 Å². The minimum absolute atomic E-state index is 0.286. The van der Waals surface area contributed by atoms with Crippen LogP contribution in [0.25, 0.3) is 0 Å². The van der Waals surface area contributed by atoms with Gasteiger partial charge < -0.3 is 5.32 Å². The summed E-state index contributed by atoms with van der Waals surface area (Å²) in [6.07, 6.45) is 1.33. The Balaban J connectivity index is 2.27. The van der Waals surface area contributed by atoms with Gasteiger partial charge in [0.1, 0.15) is 5.00 Å². The van der Waals surface area contributed by atoms with Gasteiger partial charge >= 0.3 is 6.03 Å². The summed E-state index contributed by atoms with van der Waals surface area (Å²) in [7, 11) is 0. The SMILES string of the molecule is [2H]c1c([2H])c([2H])c(NC(=O)Nc2cnns2)c([2H])c1[2H]. The standard InChI is InChI=1S/C9H8N4OS/c14-9(12-8-6-10-13-15-8)11-7-4-2-1-3-5-7/h1-6H,(H2,11,12,14)/i1D,2D,3D,4D,5D. The number of rotatable bonds is 2. The highest BCUT2D eigenvalue weighted by Crippen LogP contribution is 2.10. The van der Waals surface area contributed by atoms with Crippen LogP contribution in [0.4, 0.5) is 15.5 Å². The van der Waals surface area contributed by atoms with Crippen LogP contribution in [-0.4, -0.2) is 15.6 Å². The van der Waals surface area contributed by atoms with E-state index >= 15 is 0 Å². The number of hydrogen-bond donors (Lipinski definition) is 2. The maximum absolute atomic E-state index is 11.7. The number of aromatic nitrogens is 2. The van der Waals surface area contributed by atoms with Crippen molar-refractivity contribution in [1.29, 1.82) is 0 Å². The summed E-state index contributed by atoms with van der Waals surface area (Å²) in [6.45, 7) is 0. The van der Waals surface area contributed by atoms with Gasteiger partial charge in [-0.25, -0.2) is 4.79 Å². The fourth-order valence-electron chi connectivity index (χ4n) is 0.791. The van der Waals surface area contributed by atoms with Crippen molar-refractivity contribution in [3.05, 3.63) is 36.4 Å². The fourth-order valence-corrected chi connectivity index (χ4v) is 1.21. The molecule has 5 nitrogen and oxygen atoms in total. The Morgan fingerprint density at radius 3 is 2.80 bits per heavy atom. The lowest BCUT2D eigenvalue weighted by Crippen LogP contribution is -2.18. The topological polar surface area (TPSA) is 66.9 Å². The van der Waals surface area contributed by atoms with Crippen molar-refractivity contribution in [2.24, 2.45) is 0 Å². The van der Waals surface area contributed by atoms with Gasteiger partial charge in [-0.3, -0.25) is 5.32 Å². The molecular weight excluding hydrogens is 212 g/mol. The summed E-state index contributed by atoms with van der Waals surface area (Å²) in [5.41, 5.74) is -0.286. The molecule has 1 aromatic heterocycles. The molecule has 0 atom stereocenters. The largest absolute Gasteiger partial charge is 0.324 e. The predicted octanol–water partition coefficient (Wildman–Crippen LogP) is 2.18. The van der Waals surface area contributed by atoms with E-state index in [-0.39, 0.29) is 5.69 Å². The Hall–Kier alpha value is -1.95. The van der Waals surface area contributed by atoms with Crippen molar-refractivity contribution in [1.82, 2.24) is 9.59 Å². The summed E-state index contributed by atoms with van der Waals surface area (Å²) < 4.78 is 41.2. The monoisotopic (exact) mass is 225 g/mol. The zero-order chi connectivity index (χ0) is 14.9. The van der Waals surface area contributed by atoms with Crippen LogP contribution in [0, 0.1) is 0 Å². The third-order valence-corrected chi connectivity index (χ3v) is 1.92. The van der Waals surface area contributed by atoms with Crippen molar-refractivity contribution >= 4 is 28.3 Å². The zero-order valence-electron chi connectivity index (χ0n) is 12.3. The van der Waals surface area contributed by atoms with Gasteiger partial charge in [-0.05, 0) is 12.1 Å². The molecule has 0 unspecified atom stereocenters. The van der Waals surface area contributed by atoms with Crippen LogP contribution < -0.4 is 10.6 Å². The maximum atomic E-state index is 11.7. The van der Waals surface area contributed by atoms with Gasteiger partial charge in [0.05, 0.1) is 13.1 Å². The van der Waals surface area contributed by atoms with E-state index in [2.05, 4.69) is 20.2 Å². The number of amides is 2. The second-order valence-electron chi connectivity index (χ2n) is 2.36. The predicted molar refractivity (Wildman–Crippen MR) is 59.0 cm³/mol. The van der Waals surface area contributed by atoms with Crippen LogP contribution in [0.15, 0.2) is 36.4 Å². The molecule has 0 aliphatic heterocycles. The van der Waals surface area contributed by atoms with Gasteiger partial charge in [-0.15, -0.1) is 5.10 Å². The normalized spacial score (nSPS) is 14.3. The van der Waals surface area contributed by atoms with Crippen molar-refractivity contribution in [3.8, 4) is 0 Å². The zero-order valence-corrected chi connectivity index (χ0v) is 8.10. The first kappa shape index (κ1) is 5.22. The van der Waals surface area contributed by atoms with Crippen molar-refractivity contribution in [2.45, 2.75) is 0 Å². The molecule has 0 fully saturated rings. The minimum Gasteiger partial charge on any atom is -0.308 e. The average Bonchev–Trinajstić information content (AvgIpc) is 2.92. The number of carbonyl (C=O) groups is 1. The lowest BCUT2D eigenvalue weighted by molar-refractivity contribution is 0.262. The molecule has 2 N–H and O–H groups in total. The molecule has 76 valence electrons. The second kappa shape index (κ2) is 4.52. The van der Waals surface area contributed by atoms with Crippen LogP contribution in [0.5, 0.6) is 0 Å². The quantitative estimate of drug-likeness (QED) is 0.823. The number of carbonyl (C=O) groups excluding carboxylic acids is 1. The number of para-hydroxylation sites is 1. The Morgan fingerprint density at radius 2 is 2.13 bits per heavy atom. The molecule has 2 aromatic rings. The Labute approximate surface area is 97.3 Å². The molecule has 1 heterocycles. The van der Waals surface area contributed by atoms with Gasteiger partial charge in [0, 0.05) is 17.2 Å². The van der Waals surface area contributed by atoms with Crippen molar-refractivity contribution in [2.75, 3.05) is 10.6 Å². The maximum Gasteiger partial charge on any atom is 0.324 e. The van der Waals surface area contributed by atoms with Crippen molar-refractivity contribution in [3.63, 3.8) is 0 Å². The lowest BCUT2D eigenvalue weighted by Gasteiger charge is -2.04. The van der Waals surface area contributed by atoms with Crippen molar-refractivity contribution < 1.29 is 11.6 Å². The summed E-state index contributed by atoms with van der Waals surface area (Å²) in [5.74, 6) is 0. The van der Waals surface area contributed by atoms with E-state index in [4.69, 9.17) is 6.85 Å². The summed E-state index contributed by atoms with van der Waals surface area (Å²) in [4.78, 5) is 11.7. The fraction of sp³-hybridized carbons (Fsp3) is 0. The summed E-state index contributed by atoms with van der Waals surface area (Å²) >= 11 is 0.948. The van der Waals surface area contributed by atoms with Gasteiger partial charge in [-0.2, -0.15) is 0 Å². The molecular formula is C9H8N4OS. The highest BCUT2D eigenvalue weighted by atomic mass is 32.1. The molecule has 0 bridgehead atoms. The first-order valence-electron chi connectivity index (χ1n) is 6.34. The Morgan fingerprint density at radius 1 is 1.33 bits per heavy atom. The first-order valence-corrected chi connectivity index (χ1v) is 4.61. The van der Waals surface area contributed by atoms with Gasteiger partial charge in [0.25, 0.3) is 0 Å². The van der Waals surface area contributed by atoms with E-state index in [9.17, 15) is 4.79 Å². The van der Waals surface area contributed by atoms with E-state index in [0.717, 1.165) is 11.5 Å². The molecule has 2 rings (SSSR count). The van der Waals surface area contributed by atoms with Crippen LogP contribution in [0.1, 0.15) is 6.85 Å². The van der Waals surface area contributed by atoms with Crippen LogP contribution >= 0.6 is 11.5 Å². The van der Waals surface area contributed by atoms with Crippen LogP contribution in [0.2, 0.25) is 0 Å². The molecule has 0 aliphatic rings. The molecule has 1 aromatic carbocycles. The number of hydrogen-bond acceptors (Lipinski definition) is 4. The Kier molecular flexibility index (Phi) is 1.57. The second-order valence-corrected chi connectivity index (χ2v) is 3.15. The van der Waals surface area contributed by atoms with Gasteiger partial charge in [0.15, 0.2) is 0 Å². The van der Waals surface area contributed by atoms with E-state index in [1.54, 1.807) is 0 Å². The third-order valence-electron chi connectivity index (χ3n) is 1.34. The van der Waals surface area contributed by atoms with Gasteiger partial charge in [-0.1, -0.05) is 22.6 Å². The molecule has 0 saturated heterocycles. The summed E-state index contributed by atoms with van der Waals surface area (Å²) in [5, 5.41) is 8.51. The first-order chi connectivity index (χ1) is 9.41. The van der Waals surface area contributed by atoms with E-state index in [0.29, 0.717) is 5.00 Å². The molecule has 0 radical (unpaired) electrons. The molecule has 0 aliphatic carbocycles. The average molecular weight is 225 g/mol. The number of nitrogens with one attached hydrogen (secondary N) is 2. The molecule has 0 spiro atoms. The molecule has 6 heteroatoms. The number of nitrogens with zero attached hydrogens (tertiary/aromatic N) is 2. The van der Waals surface area contributed by atoms with Crippen LogP contribution in [0.3, 0.4) is 0 Å². The number of anilines is 2. The Bertz CT molecular complexity index is 634. The highest BCUT2D eigenvalue weighted by molar-refractivity contribution is 7.10. The summed E-state index contributed by atoms with van der Waals surface area (Å²) in [6, 6.07) is -3.24. The smallest absolute Gasteiger partial charge is 0.308 e. The molecule has 0 saturated carbocycles. The lowest BCUT2D eigenvalue weighted by atomic mass is 10.3. The molecule has 2 amide bonds. The third kappa shape index (κ3) is 2.75. The number of urea groups is 1. The van der Waals surface area contributed by atoms with E-state index in [1.165, 1.54) is 6.20 Å². The van der Waals surface area contributed by atoms with E-state index in [1.807, 2.05) is 0 Å². The highest BCUT2D eigenvalue weighted by Gasteiger charge is 2.03. The number of benzene rings is 1. The van der Waals surface area contributed by atoms with Crippen LogP contribution in [-0.2, 0) is 0 Å².